The van der Waals surface area contributed by atoms with Gasteiger partial charge in [0, 0.05) is 36.9 Å². The minimum atomic E-state index is -0.0880. The SMILES string of the molecule is O=C(NC1CCCC1)N1CCC(CC2CC2)(c2noc(-c3cccnc3)n2)CC1. The van der Waals surface area contributed by atoms with Gasteiger partial charge in [0.15, 0.2) is 5.82 Å². The fraction of sp³-hybridized carbons (Fsp3) is 0.636. The van der Waals surface area contributed by atoms with Crippen molar-refractivity contribution < 1.29 is 9.32 Å². The van der Waals surface area contributed by atoms with Crippen molar-refractivity contribution >= 4 is 6.03 Å². The first-order valence-electron chi connectivity index (χ1n) is 11.0. The molecule has 2 saturated carbocycles. The minimum absolute atomic E-state index is 0.0880. The van der Waals surface area contributed by atoms with Crippen LogP contribution in [-0.2, 0) is 5.41 Å². The lowest BCUT2D eigenvalue weighted by Crippen LogP contribution is -2.51. The van der Waals surface area contributed by atoms with E-state index in [1.54, 1.807) is 12.4 Å². The zero-order valence-electron chi connectivity index (χ0n) is 16.8. The van der Waals surface area contributed by atoms with Crippen LogP contribution in [0.4, 0.5) is 4.79 Å². The number of piperidine rings is 1. The van der Waals surface area contributed by atoms with Crippen LogP contribution in [0.25, 0.3) is 11.5 Å². The Hall–Kier alpha value is -2.44. The molecule has 2 amide bonds. The van der Waals surface area contributed by atoms with E-state index >= 15 is 0 Å². The summed E-state index contributed by atoms with van der Waals surface area (Å²) in [6, 6.07) is 4.27. The number of urea groups is 1. The number of aromatic nitrogens is 3. The molecule has 0 spiro atoms. The molecule has 2 aliphatic carbocycles. The van der Waals surface area contributed by atoms with Crippen molar-refractivity contribution in [3.63, 3.8) is 0 Å². The van der Waals surface area contributed by atoms with Crippen LogP contribution in [-0.4, -0.2) is 45.2 Å². The number of likely N-dealkylation sites (tertiary alicyclic amines) is 1. The molecule has 3 heterocycles. The number of carbonyl (C=O) groups is 1. The highest BCUT2D eigenvalue weighted by atomic mass is 16.5. The lowest BCUT2D eigenvalue weighted by molar-refractivity contribution is 0.142. The van der Waals surface area contributed by atoms with Gasteiger partial charge in [0.2, 0.25) is 0 Å². The highest BCUT2D eigenvalue weighted by Crippen LogP contribution is 2.46. The van der Waals surface area contributed by atoms with Crippen molar-refractivity contribution in [3.05, 3.63) is 30.4 Å². The second-order valence-electron chi connectivity index (χ2n) is 9.01. The standard InChI is InChI=1S/C22H29N5O2/c28-21(24-18-5-1-2-6-18)27-12-9-22(10-13-27,14-16-7-8-16)20-25-19(29-26-20)17-4-3-11-23-15-17/h3-4,11,15-16,18H,1-2,5-10,12-14H2,(H,24,28). The lowest BCUT2D eigenvalue weighted by atomic mass is 9.73. The molecule has 1 N–H and O–H groups in total. The average molecular weight is 396 g/mol. The van der Waals surface area contributed by atoms with E-state index in [1.807, 2.05) is 17.0 Å². The molecule has 0 unspecified atom stereocenters. The van der Waals surface area contributed by atoms with Crippen LogP contribution in [0.15, 0.2) is 29.0 Å². The van der Waals surface area contributed by atoms with Crippen LogP contribution in [0.1, 0.15) is 63.6 Å². The predicted octanol–water partition coefficient (Wildman–Crippen LogP) is 3.92. The van der Waals surface area contributed by atoms with Gasteiger partial charge in [-0.3, -0.25) is 4.98 Å². The van der Waals surface area contributed by atoms with Crippen LogP contribution >= 0.6 is 0 Å². The topological polar surface area (TPSA) is 84.2 Å². The number of nitrogens with one attached hydrogen (secondary N) is 1. The first kappa shape index (κ1) is 18.6. The summed E-state index contributed by atoms with van der Waals surface area (Å²) < 4.78 is 5.60. The van der Waals surface area contributed by atoms with E-state index < -0.39 is 0 Å². The van der Waals surface area contributed by atoms with E-state index in [0.29, 0.717) is 11.9 Å². The Bertz CT molecular complexity index is 834. The van der Waals surface area contributed by atoms with Gasteiger partial charge in [0.1, 0.15) is 0 Å². The minimum Gasteiger partial charge on any atom is -0.335 e. The maximum Gasteiger partial charge on any atom is 0.317 e. The smallest absolute Gasteiger partial charge is 0.317 e. The highest BCUT2D eigenvalue weighted by molar-refractivity contribution is 5.74. The molecule has 3 fully saturated rings. The summed E-state index contributed by atoms with van der Waals surface area (Å²) in [6.45, 7) is 1.50. The molecule has 0 aromatic carbocycles. The Balaban J connectivity index is 1.30. The molecule has 0 bridgehead atoms. The third-order valence-corrected chi connectivity index (χ3v) is 6.88. The third kappa shape index (κ3) is 4.00. The molecule has 0 radical (unpaired) electrons. The molecule has 2 aromatic rings. The van der Waals surface area contributed by atoms with Crippen molar-refractivity contribution in [1.29, 1.82) is 0 Å². The summed E-state index contributed by atoms with van der Waals surface area (Å²) >= 11 is 0. The summed E-state index contributed by atoms with van der Waals surface area (Å²) in [5.74, 6) is 2.10. The Morgan fingerprint density at radius 1 is 1.21 bits per heavy atom. The maximum absolute atomic E-state index is 12.7. The highest BCUT2D eigenvalue weighted by Gasteiger charge is 2.45. The lowest BCUT2D eigenvalue weighted by Gasteiger charge is -2.40. The van der Waals surface area contributed by atoms with E-state index in [2.05, 4.69) is 15.5 Å². The zero-order valence-corrected chi connectivity index (χ0v) is 16.8. The van der Waals surface area contributed by atoms with Crippen molar-refractivity contribution in [2.24, 2.45) is 5.92 Å². The Labute approximate surface area is 171 Å². The average Bonchev–Trinajstić information content (AvgIpc) is 3.21. The van der Waals surface area contributed by atoms with Gasteiger partial charge in [-0.1, -0.05) is 30.8 Å². The third-order valence-electron chi connectivity index (χ3n) is 6.88. The molecule has 2 aromatic heterocycles. The van der Waals surface area contributed by atoms with Gasteiger partial charge in [0.25, 0.3) is 5.89 Å². The van der Waals surface area contributed by atoms with Gasteiger partial charge in [-0.05, 0) is 50.2 Å². The van der Waals surface area contributed by atoms with Crippen molar-refractivity contribution in [1.82, 2.24) is 25.3 Å². The number of rotatable bonds is 5. The fourth-order valence-corrected chi connectivity index (χ4v) is 4.91. The number of hydrogen-bond acceptors (Lipinski definition) is 5. The van der Waals surface area contributed by atoms with Crippen molar-refractivity contribution in [3.8, 4) is 11.5 Å². The second kappa shape index (κ2) is 7.76. The van der Waals surface area contributed by atoms with Crippen LogP contribution < -0.4 is 5.32 Å². The number of hydrogen-bond donors (Lipinski definition) is 1. The second-order valence-corrected chi connectivity index (χ2v) is 9.01. The van der Waals surface area contributed by atoms with E-state index in [0.717, 1.165) is 62.5 Å². The van der Waals surface area contributed by atoms with Crippen molar-refractivity contribution in [2.75, 3.05) is 13.1 Å². The molecule has 5 rings (SSSR count). The summed E-state index contributed by atoms with van der Waals surface area (Å²) in [5, 5.41) is 7.61. The Kier molecular flexibility index (Phi) is 4.97. The van der Waals surface area contributed by atoms with E-state index in [1.165, 1.54) is 25.7 Å². The Morgan fingerprint density at radius 3 is 2.69 bits per heavy atom. The molecule has 3 aliphatic rings. The number of amides is 2. The van der Waals surface area contributed by atoms with Gasteiger partial charge in [-0.15, -0.1) is 0 Å². The molecule has 1 aliphatic heterocycles. The first-order chi connectivity index (χ1) is 14.2. The van der Waals surface area contributed by atoms with Crippen LogP contribution in [0.2, 0.25) is 0 Å². The molecular formula is C22H29N5O2. The van der Waals surface area contributed by atoms with Crippen LogP contribution in [0, 0.1) is 5.92 Å². The summed E-state index contributed by atoms with van der Waals surface area (Å²) in [6.07, 6.45) is 13.7. The van der Waals surface area contributed by atoms with Crippen molar-refractivity contribution in [2.45, 2.75) is 69.2 Å². The van der Waals surface area contributed by atoms with Gasteiger partial charge in [-0.2, -0.15) is 4.98 Å². The van der Waals surface area contributed by atoms with E-state index in [9.17, 15) is 4.79 Å². The molecular weight excluding hydrogens is 366 g/mol. The molecule has 0 atom stereocenters. The number of pyridine rings is 1. The molecule has 7 heteroatoms. The molecule has 1 saturated heterocycles. The zero-order chi connectivity index (χ0) is 19.7. The van der Waals surface area contributed by atoms with E-state index in [4.69, 9.17) is 9.51 Å². The van der Waals surface area contributed by atoms with Crippen LogP contribution in [0.5, 0.6) is 0 Å². The van der Waals surface area contributed by atoms with Gasteiger partial charge < -0.3 is 14.7 Å². The normalized spacial score (nSPS) is 22.0. The molecule has 29 heavy (non-hydrogen) atoms. The first-order valence-corrected chi connectivity index (χ1v) is 11.0. The summed E-state index contributed by atoms with van der Waals surface area (Å²) in [4.78, 5) is 23.6. The maximum atomic E-state index is 12.7. The number of nitrogens with zero attached hydrogens (tertiary/aromatic N) is 4. The van der Waals surface area contributed by atoms with E-state index in [-0.39, 0.29) is 11.4 Å². The quantitative estimate of drug-likeness (QED) is 0.829. The van der Waals surface area contributed by atoms with Gasteiger partial charge in [-0.25, -0.2) is 4.79 Å². The largest absolute Gasteiger partial charge is 0.335 e. The predicted molar refractivity (Wildman–Crippen MR) is 108 cm³/mol. The molecule has 154 valence electrons. The monoisotopic (exact) mass is 395 g/mol. The Morgan fingerprint density at radius 2 is 2.00 bits per heavy atom. The fourth-order valence-electron chi connectivity index (χ4n) is 4.91. The summed E-state index contributed by atoms with van der Waals surface area (Å²) in [7, 11) is 0. The van der Waals surface area contributed by atoms with Gasteiger partial charge >= 0.3 is 6.03 Å². The van der Waals surface area contributed by atoms with Gasteiger partial charge in [0.05, 0.1) is 5.56 Å². The summed E-state index contributed by atoms with van der Waals surface area (Å²) in [5.41, 5.74) is 0.760. The van der Waals surface area contributed by atoms with Crippen LogP contribution in [0.3, 0.4) is 0 Å². The number of carbonyl (C=O) groups excluding carboxylic acids is 1. The molecule has 7 nitrogen and oxygen atoms in total.